The van der Waals surface area contributed by atoms with Gasteiger partial charge in [0, 0.05) is 23.5 Å². The number of amides is 3. The summed E-state index contributed by atoms with van der Waals surface area (Å²) < 4.78 is 15.6. The number of carbonyl (C=O) groups excluding carboxylic acids is 3. The van der Waals surface area contributed by atoms with Gasteiger partial charge in [-0.15, -0.1) is 0 Å². The number of aryl methyl sites for hydroxylation is 1. The molecule has 1 aliphatic carbocycles. The van der Waals surface area contributed by atoms with Crippen LogP contribution in [0.1, 0.15) is 34.5 Å². The standard InChI is InChI=1S/C24H23ClFN5O3/c1-12-5-6-17-15(7-12)22(23(27)33)29-30(17)11-20(32)31-18-8-14(18)9-19(31)24(34)28-10-13-3-2-4-16(25)21(13)26/h2-7,14,18-19H,8-11H2,1H3,(H2,27,33)(H,28,34)/t14-,18-,19+/m1/s1. The predicted octanol–water partition coefficient (Wildman–Crippen LogP) is 2.54. The van der Waals surface area contributed by atoms with Gasteiger partial charge in [-0.2, -0.15) is 5.10 Å². The van der Waals surface area contributed by atoms with E-state index in [0.717, 1.165) is 12.0 Å². The maximum atomic E-state index is 14.2. The minimum atomic E-state index is -0.671. The monoisotopic (exact) mass is 483 g/mol. The van der Waals surface area contributed by atoms with E-state index in [1.165, 1.54) is 10.7 Å². The van der Waals surface area contributed by atoms with E-state index in [9.17, 15) is 18.8 Å². The zero-order valence-electron chi connectivity index (χ0n) is 18.4. The molecule has 2 fully saturated rings. The number of hydrogen-bond acceptors (Lipinski definition) is 4. The second-order valence-corrected chi connectivity index (χ2v) is 9.34. The molecule has 10 heteroatoms. The van der Waals surface area contributed by atoms with Crippen molar-refractivity contribution in [2.75, 3.05) is 0 Å². The van der Waals surface area contributed by atoms with Crippen molar-refractivity contribution in [3.8, 4) is 0 Å². The smallest absolute Gasteiger partial charge is 0.269 e. The summed E-state index contributed by atoms with van der Waals surface area (Å²) in [4.78, 5) is 39.8. The number of aromatic nitrogens is 2. The molecular weight excluding hydrogens is 461 g/mol. The molecule has 8 nitrogen and oxygen atoms in total. The number of primary amides is 1. The van der Waals surface area contributed by atoms with E-state index in [0.29, 0.717) is 17.3 Å². The summed E-state index contributed by atoms with van der Waals surface area (Å²) in [6.07, 6.45) is 1.41. The first-order valence-corrected chi connectivity index (χ1v) is 11.4. The third-order valence-electron chi connectivity index (χ3n) is 6.60. The molecule has 0 spiro atoms. The van der Waals surface area contributed by atoms with Crippen molar-refractivity contribution in [3.05, 3.63) is 64.1 Å². The number of fused-ring (bicyclic) bond motifs is 2. The Balaban J connectivity index is 1.34. The SMILES string of the molecule is Cc1ccc2c(c1)c(C(N)=O)nn2CC(=O)N1[C@@H]2C[C@@H]2C[C@H]1C(=O)NCc1cccc(Cl)c1F. The van der Waals surface area contributed by atoms with Gasteiger partial charge in [0.15, 0.2) is 5.69 Å². The van der Waals surface area contributed by atoms with Gasteiger partial charge in [-0.25, -0.2) is 4.39 Å². The van der Waals surface area contributed by atoms with Crippen LogP contribution in [0, 0.1) is 18.7 Å². The lowest BCUT2D eigenvalue weighted by atomic mass is 10.1. The lowest BCUT2D eigenvalue weighted by molar-refractivity contribution is -0.140. The second-order valence-electron chi connectivity index (χ2n) is 8.94. The maximum Gasteiger partial charge on any atom is 0.269 e. The Bertz CT molecular complexity index is 1340. The Morgan fingerprint density at radius 1 is 1.24 bits per heavy atom. The number of nitrogens with zero attached hydrogens (tertiary/aromatic N) is 3. The first kappa shape index (κ1) is 22.3. The lowest BCUT2D eigenvalue weighted by Crippen LogP contribution is -2.48. The molecule has 1 aromatic heterocycles. The number of nitrogens with one attached hydrogen (secondary N) is 1. The van der Waals surface area contributed by atoms with Crippen molar-refractivity contribution in [2.45, 2.75) is 44.9 Å². The second kappa shape index (κ2) is 8.39. The van der Waals surface area contributed by atoms with Crippen LogP contribution in [-0.4, -0.2) is 44.5 Å². The van der Waals surface area contributed by atoms with Gasteiger partial charge in [0.25, 0.3) is 5.91 Å². The summed E-state index contributed by atoms with van der Waals surface area (Å²) >= 11 is 5.82. The molecule has 2 aliphatic rings. The van der Waals surface area contributed by atoms with Crippen LogP contribution in [0.25, 0.3) is 10.9 Å². The molecule has 3 aromatic rings. The van der Waals surface area contributed by atoms with Gasteiger partial charge < -0.3 is 16.0 Å². The van der Waals surface area contributed by atoms with Gasteiger partial charge in [-0.3, -0.25) is 19.1 Å². The molecule has 3 amide bonds. The molecule has 3 N–H and O–H groups in total. The van der Waals surface area contributed by atoms with Crippen LogP contribution in [0.5, 0.6) is 0 Å². The molecule has 0 unspecified atom stereocenters. The summed E-state index contributed by atoms with van der Waals surface area (Å²) in [5.74, 6) is -1.56. The molecule has 1 aliphatic heterocycles. The van der Waals surface area contributed by atoms with Crippen LogP contribution in [0.2, 0.25) is 5.02 Å². The number of halogens is 2. The van der Waals surface area contributed by atoms with Gasteiger partial charge >= 0.3 is 0 Å². The Kier molecular flexibility index (Phi) is 5.51. The number of hydrogen-bond donors (Lipinski definition) is 2. The van der Waals surface area contributed by atoms with Gasteiger partial charge in [0.05, 0.1) is 10.5 Å². The average molecular weight is 484 g/mol. The normalized spacial score (nSPS) is 20.9. The predicted molar refractivity (Wildman–Crippen MR) is 123 cm³/mol. The molecule has 1 saturated heterocycles. The molecule has 5 rings (SSSR count). The molecule has 2 heterocycles. The molecule has 176 valence electrons. The van der Waals surface area contributed by atoms with Crippen LogP contribution in [0.4, 0.5) is 4.39 Å². The first-order chi connectivity index (χ1) is 16.2. The highest BCUT2D eigenvalue weighted by molar-refractivity contribution is 6.30. The highest BCUT2D eigenvalue weighted by atomic mass is 35.5. The number of carbonyl (C=O) groups is 3. The summed E-state index contributed by atoms with van der Waals surface area (Å²) in [5.41, 5.74) is 7.43. The van der Waals surface area contributed by atoms with E-state index < -0.39 is 17.8 Å². The topological polar surface area (TPSA) is 110 Å². The van der Waals surface area contributed by atoms with Crippen molar-refractivity contribution >= 4 is 40.2 Å². The molecule has 34 heavy (non-hydrogen) atoms. The van der Waals surface area contributed by atoms with Crippen LogP contribution >= 0.6 is 11.6 Å². The van der Waals surface area contributed by atoms with Crippen LogP contribution in [0.15, 0.2) is 36.4 Å². The quantitative estimate of drug-likeness (QED) is 0.561. The van der Waals surface area contributed by atoms with E-state index in [2.05, 4.69) is 10.4 Å². The molecule has 1 saturated carbocycles. The molecule has 0 bridgehead atoms. The highest BCUT2D eigenvalue weighted by Crippen LogP contribution is 2.48. The minimum absolute atomic E-state index is 0.00541. The third kappa shape index (κ3) is 3.90. The van der Waals surface area contributed by atoms with Gasteiger partial charge in [0.1, 0.15) is 18.4 Å². The number of likely N-dealkylation sites (tertiary alicyclic amines) is 1. The van der Waals surface area contributed by atoms with E-state index in [1.54, 1.807) is 29.2 Å². The number of rotatable bonds is 6. The average Bonchev–Trinajstić information content (AvgIpc) is 3.31. The van der Waals surface area contributed by atoms with E-state index in [4.69, 9.17) is 17.3 Å². The Morgan fingerprint density at radius 3 is 2.79 bits per heavy atom. The summed E-state index contributed by atoms with van der Waals surface area (Å²) in [6.45, 7) is 1.75. The zero-order chi connectivity index (χ0) is 24.1. The Labute approximate surface area is 199 Å². The minimum Gasteiger partial charge on any atom is -0.364 e. The van der Waals surface area contributed by atoms with Crippen molar-refractivity contribution < 1.29 is 18.8 Å². The molecule has 3 atom stereocenters. The zero-order valence-corrected chi connectivity index (χ0v) is 19.2. The van der Waals surface area contributed by atoms with E-state index >= 15 is 0 Å². The molecule has 0 radical (unpaired) electrons. The van der Waals surface area contributed by atoms with Crippen molar-refractivity contribution in [1.82, 2.24) is 20.0 Å². The largest absolute Gasteiger partial charge is 0.364 e. The van der Waals surface area contributed by atoms with E-state index in [1.807, 2.05) is 13.0 Å². The van der Waals surface area contributed by atoms with Gasteiger partial charge in [-0.05, 0) is 43.9 Å². The van der Waals surface area contributed by atoms with Crippen LogP contribution in [-0.2, 0) is 22.7 Å². The number of piperidine rings is 1. The van der Waals surface area contributed by atoms with Crippen molar-refractivity contribution in [2.24, 2.45) is 11.7 Å². The molecular formula is C24H23ClFN5O3. The Morgan fingerprint density at radius 2 is 2.03 bits per heavy atom. The lowest BCUT2D eigenvalue weighted by Gasteiger charge is -2.27. The number of benzene rings is 2. The summed E-state index contributed by atoms with van der Waals surface area (Å²) in [7, 11) is 0. The van der Waals surface area contributed by atoms with Crippen LogP contribution in [0.3, 0.4) is 0 Å². The summed E-state index contributed by atoms with van der Waals surface area (Å²) in [6, 6.07) is 9.45. The fourth-order valence-electron chi connectivity index (χ4n) is 4.84. The van der Waals surface area contributed by atoms with Crippen molar-refractivity contribution in [1.29, 1.82) is 0 Å². The highest BCUT2D eigenvalue weighted by Gasteiger charge is 2.55. The summed E-state index contributed by atoms with van der Waals surface area (Å²) in [5, 5.41) is 7.60. The van der Waals surface area contributed by atoms with Gasteiger partial charge in [0.2, 0.25) is 11.8 Å². The fourth-order valence-corrected chi connectivity index (χ4v) is 5.03. The fraction of sp³-hybridized carbons (Fsp3) is 0.333. The number of nitrogens with two attached hydrogens (primary N) is 1. The molecule has 2 aromatic carbocycles. The van der Waals surface area contributed by atoms with Crippen LogP contribution < -0.4 is 11.1 Å². The van der Waals surface area contributed by atoms with Crippen molar-refractivity contribution in [3.63, 3.8) is 0 Å². The van der Waals surface area contributed by atoms with E-state index in [-0.39, 0.29) is 53.1 Å². The maximum absolute atomic E-state index is 14.2. The Hall–Kier alpha value is -3.46. The first-order valence-electron chi connectivity index (χ1n) is 11.0. The van der Waals surface area contributed by atoms with Gasteiger partial charge in [-0.1, -0.05) is 35.4 Å². The third-order valence-corrected chi connectivity index (χ3v) is 6.90.